The van der Waals surface area contributed by atoms with Crippen molar-refractivity contribution in [3.8, 4) is 6.07 Å². The molecule has 3 aromatic rings. The molecule has 2 aromatic heterocycles. The van der Waals surface area contributed by atoms with Gasteiger partial charge in [-0.1, -0.05) is 36.4 Å². The molecule has 0 amide bonds. The van der Waals surface area contributed by atoms with E-state index >= 15 is 0 Å². The van der Waals surface area contributed by atoms with Crippen LogP contribution in [-0.4, -0.2) is 16.4 Å². The third-order valence-electron chi connectivity index (χ3n) is 3.37. The molecule has 0 unspecified atom stereocenters. The molecule has 0 bridgehead atoms. The maximum Gasteiger partial charge on any atom is 0.210 e. The van der Waals surface area contributed by atoms with Gasteiger partial charge in [-0.3, -0.25) is 4.79 Å². The summed E-state index contributed by atoms with van der Waals surface area (Å²) >= 11 is 1.43. The van der Waals surface area contributed by atoms with Gasteiger partial charge in [-0.2, -0.15) is 5.26 Å². The van der Waals surface area contributed by atoms with Crippen molar-refractivity contribution in [1.29, 1.82) is 5.26 Å². The number of rotatable bonds is 3. The maximum absolute atomic E-state index is 12.8. The van der Waals surface area contributed by atoms with E-state index in [4.69, 9.17) is 0 Å². The van der Waals surface area contributed by atoms with Crippen LogP contribution < -0.4 is 0 Å². The Morgan fingerprint density at radius 1 is 1.14 bits per heavy atom. The highest BCUT2D eigenvalue weighted by atomic mass is 32.2. The minimum atomic E-state index is -0.0670. The topological polar surface area (TPSA) is 45.3 Å². The first-order valence-corrected chi connectivity index (χ1v) is 7.67. The molecule has 4 heteroatoms. The third-order valence-corrected chi connectivity index (χ3v) is 4.17. The molecule has 2 heterocycles. The number of thioether (sulfide) groups is 1. The average molecular weight is 292 g/mol. The number of hydrogen-bond acceptors (Lipinski definition) is 3. The number of carbonyl (C=O) groups excluding carboxylic acids is 1. The molecule has 0 aliphatic carbocycles. The van der Waals surface area contributed by atoms with Crippen LogP contribution in [0.3, 0.4) is 0 Å². The Morgan fingerprint density at radius 2 is 1.86 bits per heavy atom. The summed E-state index contributed by atoms with van der Waals surface area (Å²) in [6.45, 7) is 0. The number of nitriles is 1. The summed E-state index contributed by atoms with van der Waals surface area (Å²) < 4.78 is 1.81. The molecule has 3 rings (SSSR count). The average Bonchev–Trinajstić information content (AvgIpc) is 2.88. The van der Waals surface area contributed by atoms with Crippen molar-refractivity contribution in [2.75, 3.05) is 6.26 Å². The minimum absolute atomic E-state index is 0.0670. The van der Waals surface area contributed by atoms with Crippen molar-refractivity contribution in [2.45, 2.75) is 4.90 Å². The Labute approximate surface area is 126 Å². The molecular weight excluding hydrogens is 280 g/mol. The van der Waals surface area contributed by atoms with E-state index < -0.39 is 0 Å². The van der Waals surface area contributed by atoms with Crippen molar-refractivity contribution in [2.24, 2.45) is 0 Å². The summed E-state index contributed by atoms with van der Waals surface area (Å²) in [6, 6.07) is 17.0. The first kappa shape index (κ1) is 13.5. The highest BCUT2D eigenvalue weighted by Gasteiger charge is 2.23. The molecule has 0 fully saturated rings. The minimum Gasteiger partial charge on any atom is -0.311 e. The molecule has 1 aromatic carbocycles. The lowest BCUT2D eigenvalue weighted by Crippen LogP contribution is -2.06. The summed E-state index contributed by atoms with van der Waals surface area (Å²) in [5.41, 5.74) is 2.51. The summed E-state index contributed by atoms with van der Waals surface area (Å²) in [5.74, 6) is -0.0670. The standard InChI is InChI=1S/C17H12N2OS/c1-21-17-13(11-18)14-9-5-6-10-19(14)15(17)16(20)12-7-3-2-4-8-12/h2-10H,1H3. The summed E-state index contributed by atoms with van der Waals surface area (Å²) in [7, 11) is 0. The van der Waals surface area contributed by atoms with Crippen LogP contribution >= 0.6 is 11.8 Å². The number of pyridine rings is 1. The largest absolute Gasteiger partial charge is 0.311 e. The second kappa shape index (κ2) is 5.47. The zero-order chi connectivity index (χ0) is 14.8. The predicted molar refractivity (Wildman–Crippen MR) is 83.8 cm³/mol. The number of fused-ring (bicyclic) bond motifs is 1. The number of nitrogens with zero attached hydrogens (tertiary/aromatic N) is 2. The van der Waals surface area contributed by atoms with Gasteiger partial charge in [0.1, 0.15) is 11.8 Å². The number of aromatic nitrogens is 1. The van der Waals surface area contributed by atoms with Crippen molar-refractivity contribution in [1.82, 2.24) is 4.40 Å². The highest BCUT2D eigenvalue weighted by molar-refractivity contribution is 7.98. The molecule has 0 N–H and O–H groups in total. The lowest BCUT2D eigenvalue weighted by Gasteiger charge is -2.04. The quantitative estimate of drug-likeness (QED) is 0.545. The van der Waals surface area contributed by atoms with E-state index in [9.17, 15) is 10.1 Å². The molecule has 0 radical (unpaired) electrons. The van der Waals surface area contributed by atoms with Crippen LogP contribution in [0.4, 0.5) is 0 Å². The van der Waals surface area contributed by atoms with Crippen LogP contribution in [0.5, 0.6) is 0 Å². The Hall–Kier alpha value is -2.51. The maximum atomic E-state index is 12.8. The van der Waals surface area contributed by atoms with Crippen molar-refractivity contribution < 1.29 is 4.79 Å². The second-order valence-electron chi connectivity index (χ2n) is 4.52. The van der Waals surface area contributed by atoms with Crippen LogP contribution in [0.15, 0.2) is 59.6 Å². The molecule has 0 atom stereocenters. The molecule has 3 nitrogen and oxygen atoms in total. The van der Waals surface area contributed by atoms with Crippen molar-refractivity contribution in [3.05, 3.63) is 71.5 Å². The fourth-order valence-corrected chi connectivity index (χ4v) is 3.17. The zero-order valence-electron chi connectivity index (χ0n) is 11.4. The monoisotopic (exact) mass is 292 g/mol. The molecule has 0 spiro atoms. The van der Waals surface area contributed by atoms with Gasteiger partial charge in [0.15, 0.2) is 0 Å². The van der Waals surface area contributed by atoms with Gasteiger partial charge in [0.25, 0.3) is 0 Å². The van der Waals surface area contributed by atoms with E-state index in [-0.39, 0.29) is 5.78 Å². The SMILES string of the molecule is CSc1c(C#N)c2ccccn2c1C(=O)c1ccccc1. The normalized spacial score (nSPS) is 10.5. The number of hydrogen-bond donors (Lipinski definition) is 0. The molecule has 0 saturated carbocycles. The van der Waals surface area contributed by atoms with E-state index in [2.05, 4.69) is 6.07 Å². The van der Waals surface area contributed by atoms with Crippen LogP contribution in [0.1, 0.15) is 21.6 Å². The fourth-order valence-electron chi connectivity index (χ4n) is 2.43. The predicted octanol–water partition coefficient (Wildman–Crippen LogP) is 3.76. The van der Waals surface area contributed by atoms with E-state index in [0.29, 0.717) is 16.8 Å². The Morgan fingerprint density at radius 3 is 2.52 bits per heavy atom. The first-order valence-electron chi connectivity index (χ1n) is 6.44. The molecule has 0 aliphatic heterocycles. The van der Waals surface area contributed by atoms with E-state index in [1.807, 2.05) is 48.9 Å². The zero-order valence-corrected chi connectivity index (χ0v) is 12.2. The lowest BCUT2D eigenvalue weighted by atomic mass is 10.1. The van der Waals surface area contributed by atoms with Crippen molar-refractivity contribution >= 4 is 23.1 Å². The van der Waals surface area contributed by atoms with Gasteiger partial charge in [-0.25, -0.2) is 0 Å². The van der Waals surface area contributed by atoms with E-state index in [0.717, 1.165) is 10.4 Å². The first-order chi connectivity index (χ1) is 10.3. The molecular formula is C17H12N2OS. The summed E-state index contributed by atoms with van der Waals surface area (Å²) in [5, 5.41) is 9.43. The number of carbonyl (C=O) groups is 1. The molecule has 0 saturated heterocycles. The van der Waals surface area contributed by atoms with Gasteiger partial charge in [0, 0.05) is 11.8 Å². The number of ketones is 1. The van der Waals surface area contributed by atoms with Crippen LogP contribution in [0.2, 0.25) is 0 Å². The molecule has 0 aliphatic rings. The highest BCUT2D eigenvalue weighted by Crippen LogP contribution is 2.32. The number of benzene rings is 1. The van der Waals surface area contributed by atoms with Gasteiger partial charge in [0.05, 0.1) is 16.0 Å². The van der Waals surface area contributed by atoms with Gasteiger partial charge >= 0.3 is 0 Å². The van der Waals surface area contributed by atoms with Gasteiger partial charge < -0.3 is 4.40 Å². The van der Waals surface area contributed by atoms with Crippen LogP contribution in [0, 0.1) is 11.3 Å². The second-order valence-corrected chi connectivity index (χ2v) is 5.34. The van der Waals surface area contributed by atoms with Crippen LogP contribution in [-0.2, 0) is 0 Å². The Kier molecular flexibility index (Phi) is 3.51. The lowest BCUT2D eigenvalue weighted by molar-refractivity contribution is 0.103. The fraction of sp³-hybridized carbons (Fsp3) is 0.0588. The van der Waals surface area contributed by atoms with Crippen molar-refractivity contribution in [3.63, 3.8) is 0 Å². The smallest absolute Gasteiger partial charge is 0.210 e. The van der Waals surface area contributed by atoms with Crippen LogP contribution in [0.25, 0.3) is 5.52 Å². The van der Waals surface area contributed by atoms with Gasteiger partial charge in [0.2, 0.25) is 5.78 Å². The van der Waals surface area contributed by atoms with E-state index in [1.165, 1.54) is 11.8 Å². The van der Waals surface area contributed by atoms with Gasteiger partial charge in [-0.05, 0) is 18.4 Å². The summed E-state index contributed by atoms with van der Waals surface area (Å²) in [6.07, 6.45) is 3.71. The van der Waals surface area contributed by atoms with Gasteiger partial charge in [-0.15, -0.1) is 11.8 Å². The van der Waals surface area contributed by atoms with E-state index in [1.54, 1.807) is 16.5 Å². The Bertz CT molecular complexity index is 860. The summed E-state index contributed by atoms with van der Waals surface area (Å²) in [4.78, 5) is 13.6. The third kappa shape index (κ3) is 2.12. The molecule has 21 heavy (non-hydrogen) atoms. The molecule has 102 valence electrons. The Balaban J connectivity index is 2.32.